The first-order valence-corrected chi connectivity index (χ1v) is 7.64. The largest absolute Gasteiger partial charge is 0.380 e. The fourth-order valence-electron chi connectivity index (χ4n) is 3.88. The van der Waals surface area contributed by atoms with Gasteiger partial charge in [0.05, 0.1) is 17.7 Å². The Morgan fingerprint density at radius 2 is 2.10 bits per heavy atom. The van der Waals surface area contributed by atoms with Gasteiger partial charge in [0.2, 0.25) is 0 Å². The van der Waals surface area contributed by atoms with Crippen molar-refractivity contribution in [2.75, 3.05) is 26.0 Å². The van der Waals surface area contributed by atoms with Crippen LogP contribution in [0.1, 0.15) is 6.42 Å². The quantitative estimate of drug-likeness (QED) is 0.938. The molecule has 21 heavy (non-hydrogen) atoms. The summed E-state index contributed by atoms with van der Waals surface area (Å²) in [5.41, 5.74) is 2.23. The van der Waals surface area contributed by atoms with Crippen molar-refractivity contribution in [1.82, 2.24) is 9.88 Å². The number of para-hydroxylation sites is 1. The molecule has 4 rings (SSSR count). The highest BCUT2D eigenvalue weighted by molar-refractivity contribution is 5.91. The van der Waals surface area contributed by atoms with Gasteiger partial charge >= 0.3 is 0 Å². The van der Waals surface area contributed by atoms with Gasteiger partial charge in [0.25, 0.3) is 0 Å². The molecule has 0 amide bonds. The van der Waals surface area contributed by atoms with E-state index in [-0.39, 0.29) is 0 Å². The number of nitrogens with zero attached hydrogens (tertiary/aromatic N) is 2. The monoisotopic (exact) mass is 283 g/mol. The predicted octanol–water partition coefficient (Wildman–Crippen LogP) is 2.36. The Hall–Kier alpha value is -1.65. The Balaban J connectivity index is 1.65. The molecule has 1 aromatic heterocycles. The second-order valence-corrected chi connectivity index (χ2v) is 6.29. The Morgan fingerprint density at radius 1 is 1.24 bits per heavy atom. The van der Waals surface area contributed by atoms with Crippen LogP contribution in [0.15, 0.2) is 36.5 Å². The van der Waals surface area contributed by atoms with E-state index in [0.717, 1.165) is 18.5 Å². The van der Waals surface area contributed by atoms with Crippen molar-refractivity contribution < 1.29 is 4.74 Å². The average molecular weight is 283 g/mol. The van der Waals surface area contributed by atoms with Gasteiger partial charge in [0.15, 0.2) is 0 Å². The van der Waals surface area contributed by atoms with Gasteiger partial charge in [-0.05, 0) is 32.6 Å². The lowest BCUT2D eigenvalue weighted by Crippen LogP contribution is -2.66. The standard InChI is InChI=1S/C17H21N3O/c1-20(2)16-15(12-8-10-21-17(12)16)19-14-7-9-18-13-6-4-3-5-11(13)14/h3-7,9,12,15-17H,8,10H2,1-2H3,(H,18,19)/t12-,15+,16-,17-/m0/s1. The number of likely N-dealkylation sites (N-methyl/N-ethyl adjacent to an activating group) is 1. The van der Waals surface area contributed by atoms with Crippen LogP contribution in [-0.4, -0.2) is 48.8 Å². The highest BCUT2D eigenvalue weighted by Crippen LogP contribution is 2.43. The molecule has 0 spiro atoms. The zero-order chi connectivity index (χ0) is 14.4. The molecule has 0 unspecified atom stereocenters. The van der Waals surface area contributed by atoms with Crippen molar-refractivity contribution in [2.24, 2.45) is 5.92 Å². The lowest BCUT2D eigenvalue weighted by molar-refractivity contribution is -0.0515. The number of anilines is 1. The number of benzene rings is 1. The van der Waals surface area contributed by atoms with Crippen molar-refractivity contribution in [3.8, 4) is 0 Å². The van der Waals surface area contributed by atoms with Crippen LogP contribution < -0.4 is 5.32 Å². The van der Waals surface area contributed by atoms with Crippen molar-refractivity contribution in [3.05, 3.63) is 36.5 Å². The van der Waals surface area contributed by atoms with E-state index in [1.807, 2.05) is 12.3 Å². The molecular weight excluding hydrogens is 262 g/mol. The van der Waals surface area contributed by atoms with E-state index in [2.05, 4.69) is 53.6 Å². The number of hydrogen-bond donors (Lipinski definition) is 1. The van der Waals surface area contributed by atoms with Crippen LogP contribution >= 0.6 is 0 Å². The maximum Gasteiger partial charge on any atom is 0.0799 e. The maximum atomic E-state index is 5.89. The molecule has 0 bridgehead atoms. The van der Waals surface area contributed by atoms with Crippen LogP contribution in [0.25, 0.3) is 10.9 Å². The van der Waals surface area contributed by atoms with E-state index in [4.69, 9.17) is 4.74 Å². The maximum absolute atomic E-state index is 5.89. The molecule has 2 aromatic rings. The average Bonchev–Trinajstić information content (AvgIpc) is 2.88. The van der Waals surface area contributed by atoms with Gasteiger partial charge < -0.3 is 15.0 Å². The number of rotatable bonds is 3. The van der Waals surface area contributed by atoms with Crippen molar-refractivity contribution in [2.45, 2.75) is 24.6 Å². The number of aromatic nitrogens is 1. The smallest absolute Gasteiger partial charge is 0.0799 e. The molecular formula is C17H21N3O. The fourth-order valence-corrected chi connectivity index (χ4v) is 3.88. The van der Waals surface area contributed by atoms with Gasteiger partial charge in [-0.1, -0.05) is 18.2 Å². The highest BCUT2D eigenvalue weighted by Gasteiger charge is 2.54. The molecule has 2 aliphatic rings. The Bertz CT molecular complexity index is 652. The Morgan fingerprint density at radius 3 is 2.95 bits per heavy atom. The Labute approximate surface area is 125 Å². The van der Waals surface area contributed by atoms with Crippen LogP contribution in [0, 0.1) is 5.92 Å². The van der Waals surface area contributed by atoms with Crippen LogP contribution in [0.3, 0.4) is 0 Å². The zero-order valence-electron chi connectivity index (χ0n) is 12.5. The van der Waals surface area contributed by atoms with Gasteiger partial charge in [-0.25, -0.2) is 0 Å². The summed E-state index contributed by atoms with van der Waals surface area (Å²) in [6.45, 7) is 0.898. The summed E-state index contributed by atoms with van der Waals surface area (Å²) in [6.07, 6.45) is 3.44. The molecule has 1 aliphatic carbocycles. The molecule has 1 aromatic carbocycles. The number of fused-ring (bicyclic) bond motifs is 2. The third-order valence-corrected chi connectivity index (χ3v) is 4.92. The number of hydrogen-bond acceptors (Lipinski definition) is 4. The van der Waals surface area contributed by atoms with E-state index in [1.165, 1.54) is 11.1 Å². The predicted molar refractivity (Wildman–Crippen MR) is 84.5 cm³/mol. The molecule has 1 saturated carbocycles. The third-order valence-electron chi connectivity index (χ3n) is 4.92. The normalized spacial score (nSPS) is 31.2. The van der Waals surface area contributed by atoms with Gasteiger partial charge in [-0.15, -0.1) is 0 Å². The van der Waals surface area contributed by atoms with E-state index < -0.39 is 0 Å². The highest BCUT2D eigenvalue weighted by atomic mass is 16.5. The second-order valence-electron chi connectivity index (χ2n) is 6.29. The lowest BCUT2D eigenvalue weighted by Gasteiger charge is -2.51. The minimum Gasteiger partial charge on any atom is -0.380 e. The van der Waals surface area contributed by atoms with E-state index in [0.29, 0.717) is 24.1 Å². The summed E-state index contributed by atoms with van der Waals surface area (Å²) in [5, 5.41) is 4.96. The zero-order valence-corrected chi connectivity index (χ0v) is 12.5. The van der Waals surface area contributed by atoms with Crippen molar-refractivity contribution >= 4 is 16.6 Å². The molecule has 0 radical (unpaired) electrons. The summed E-state index contributed by atoms with van der Waals surface area (Å²) >= 11 is 0. The molecule has 1 saturated heterocycles. The van der Waals surface area contributed by atoms with E-state index in [9.17, 15) is 0 Å². The van der Waals surface area contributed by atoms with Gasteiger partial charge in [0.1, 0.15) is 0 Å². The number of pyridine rings is 1. The molecule has 1 N–H and O–H groups in total. The summed E-state index contributed by atoms with van der Waals surface area (Å²) in [4.78, 5) is 6.72. The molecule has 4 heteroatoms. The van der Waals surface area contributed by atoms with Crippen molar-refractivity contribution in [1.29, 1.82) is 0 Å². The van der Waals surface area contributed by atoms with Gasteiger partial charge in [-0.3, -0.25) is 4.98 Å². The first-order valence-electron chi connectivity index (χ1n) is 7.64. The van der Waals surface area contributed by atoms with Gasteiger partial charge in [-0.2, -0.15) is 0 Å². The van der Waals surface area contributed by atoms with Crippen LogP contribution in [0.4, 0.5) is 5.69 Å². The fraction of sp³-hybridized carbons (Fsp3) is 0.471. The molecule has 2 fully saturated rings. The third kappa shape index (κ3) is 2.01. The second kappa shape index (κ2) is 4.97. The number of ether oxygens (including phenoxy) is 1. The van der Waals surface area contributed by atoms with Crippen LogP contribution in [0.2, 0.25) is 0 Å². The minimum absolute atomic E-state index is 0.394. The molecule has 4 atom stereocenters. The molecule has 2 heterocycles. The van der Waals surface area contributed by atoms with Crippen LogP contribution in [0.5, 0.6) is 0 Å². The topological polar surface area (TPSA) is 37.4 Å². The summed E-state index contributed by atoms with van der Waals surface area (Å²) in [5.74, 6) is 0.629. The van der Waals surface area contributed by atoms with Gasteiger partial charge in [0, 0.05) is 35.8 Å². The summed E-state index contributed by atoms with van der Waals surface area (Å²) in [7, 11) is 4.28. The molecule has 110 valence electrons. The van der Waals surface area contributed by atoms with E-state index in [1.54, 1.807) is 0 Å². The molecule has 1 aliphatic heterocycles. The summed E-state index contributed by atoms with van der Waals surface area (Å²) < 4.78 is 5.89. The number of nitrogens with one attached hydrogen (secondary N) is 1. The summed E-state index contributed by atoms with van der Waals surface area (Å²) in [6, 6.07) is 11.3. The molecule has 4 nitrogen and oxygen atoms in total. The first-order chi connectivity index (χ1) is 10.3. The minimum atomic E-state index is 0.394. The van der Waals surface area contributed by atoms with E-state index >= 15 is 0 Å². The van der Waals surface area contributed by atoms with Crippen molar-refractivity contribution in [3.63, 3.8) is 0 Å². The Kier molecular flexibility index (Phi) is 3.08. The first kappa shape index (κ1) is 13.0. The lowest BCUT2D eigenvalue weighted by atomic mass is 9.71. The SMILES string of the molecule is CN(C)[C@H]1[C@H](Nc2ccnc3ccccc23)[C@@H]2CCO[C@@H]21. The van der Waals surface area contributed by atoms with Crippen LogP contribution in [-0.2, 0) is 4.74 Å².